The summed E-state index contributed by atoms with van der Waals surface area (Å²) in [6.07, 6.45) is 82.3. The van der Waals surface area contributed by atoms with E-state index in [4.69, 9.17) is 29.5 Å². The Hall–Kier alpha value is -2.22. The van der Waals surface area contributed by atoms with Gasteiger partial charge in [-0.3, -0.25) is 0 Å². The van der Waals surface area contributed by atoms with Crippen LogP contribution in [0.3, 0.4) is 0 Å². The minimum Gasteiger partial charge on any atom is -0.490 e. The van der Waals surface area contributed by atoms with Crippen LogP contribution in [0.2, 0.25) is 0 Å². The number of unbranched alkanes of at least 4 members (excludes halogenated alkanes) is 54. The first kappa shape index (κ1) is 84.8. The van der Waals surface area contributed by atoms with Gasteiger partial charge in [0, 0.05) is 5.56 Å². The van der Waals surface area contributed by atoms with Gasteiger partial charge in [0.2, 0.25) is 5.75 Å². The number of hydrogen-bond acceptors (Lipinski definition) is 6. The van der Waals surface area contributed by atoms with Gasteiger partial charge in [-0.2, -0.15) is 0 Å². The summed E-state index contributed by atoms with van der Waals surface area (Å²) >= 11 is 0. The lowest BCUT2D eigenvalue weighted by Crippen LogP contribution is -2.49. The molecule has 0 aliphatic rings. The molecule has 1 rings (SSSR count). The molecule has 0 amide bonds. The van der Waals surface area contributed by atoms with Crippen molar-refractivity contribution in [1.82, 2.24) is 0 Å². The first-order valence-corrected chi connectivity index (χ1v) is 39.5. The van der Waals surface area contributed by atoms with E-state index >= 15 is 0 Å². The molecule has 8 nitrogen and oxygen atoms in total. The molecule has 0 aromatic heterocycles. The van der Waals surface area contributed by atoms with Crippen LogP contribution in [-0.2, 0) is 6.54 Å². The zero-order chi connectivity index (χ0) is 63.3. The van der Waals surface area contributed by atoms with Crippen LogP contribution in [0.25, 0.3) is 0 Å². The molecule has 0 heterocycles. The summed E-state index contributed by atoms with van der Waals surface area (Å²) in [4.78, 5) is 8.25. The summed E-state index contributed by atoms with van der Waals surface area (Å²) in [5.74, 6) is 2.85. The Bertz CT molecular complexity index is 1400. The summed E-state index contributed by atoms with van der Waals surface area (Å²) in [5, 5.41) is 14.8. The van der Waals surface area contributed by atoms with Gasteiger partial charge in [0.25, 0.3) is 0 Å². The minimum absolute atomic E-state index is 0.745. The summed E-state index contributed by atoms with van der Waals surface area (Å²) in [7, 11) is 0. The quantitative estimate of drug-likeness (QED) is 0.0279. The van der Waals surface area contributed by atoms with Crippen molar-refractivity contribution in [2.24, 2.45) is 0 Å². The van der Waals surface area contributed by atoms with Crippen LogP contribution in [0.15, 0.2) is 12.1 Å². The van der Waals surface area contributed by atoms with Crippen molar-refractivity contribution in [2.45, 2.75) is 433 Å². The van der Waals surface area contributed by atoms with E-state index in [-0.39, 0.29) is 0 Å². The van der Waals surface area contributed by atoms with Crippen molar-refractivity contribution in [3.63, 3.8) is 0 Å². The zero-order valence-corrected chi connectivity index (χ0v) is 59.9. The van der Waals surface area contributed by atoms with Crippen molar-refractivity contribution in [3.8, 4) is 17.2 Å². The summed E-state index contributed by atoms with van der Waals surface area (Å²) < 4.78 is 22.3. The van der Waals surface area contributed by atoms with Gasteiger partial charge in [-0.05, 0) is 69.9 Å². The molecule has 0 aliphatic carbocycles. The molecule has 8 heteroatoms. The van der Waals surface area contributed by atoms with E-state index in [0.717, 1.165) is 62.9 Å². The van der Waals surface area contributed by atoms with E-state index in [2.05, 4.69) is 53.7 Å². The van der Waals surface area contributed by atoms with Crippen LogP contribution >= 0.6 is 0 Å². The van der Waals surface area contributed by atoms with Crippen molar-refractivity contribution in [1.29, 1.82) is 0 Å². The first-order valence-electron chi connectivity index (χ1n) is 39.5. The molecule has 0 N–H and O–H groups in total. The average Bonchev–Trinajstić information content (AvgIpc) is 1.85. The van der Waals surface area contributed by atoms with E-state index in [1.807, 2.05) is 0 Å². The first-order chi connectivity index (χ1) is 42.8. The van der Waals surface area contributed by atoms with E-state index in [1.54, 1.807) is 0 Å². The van der Waals surface area contributed by atoms with Crippen LogP contribution in [0.4, 0.5) is 0 Å². The Morgan fingerprint density at radius 3 is 0.655 bits per heavy atom. The van der Waals surface area contributed by atoms with Crippen LogP contribution in [0.5, 0.6) is 17.2 Å². The summed E-state index contributed by atoms with van der Waals surface area (Å²) in [6.45, 7) is 21.3. The van der Waals surface area contributed by atoms with Crippen LogP contribution in [-0.4, -0.2) is 49.0 Å². The van der Waals surface area contributed by atoms with Gasteiger partial charge in [-0.15, -0.1) is 0 Å². The monoisotopic (exact) mass is 1230 g/mol. The third-order valence-corrected chi connectivity index (χ3v) is 18.8. The SMILES string of the molecule is CCCCCCCCCCCCOc1cc(C[N+](CCCCCCCCCCCC)(CCCCCCCCCCCC)CCCCCCCCCCCC)cc(OCCCCCCCCCCCC)c1OCCCCCCCCCCCC.O=[N+]([O-])[O-]. The Labute approximate surface area is 544 Å². The number of rotatable bonds is 71. The Kier molecular flexibility index (Phi) is 67.9. The Morgan fingerprint density at radius 2 is 0.448 bits per heavy atom. The molecule has 0 bridgehead atoms. The number of nitrogens with zero attached hydrogens (tertiary/aromatic N) is 2. The van der Waals surface area contributed by atoms with Gasteiger partial charge in [-0.25, -0.2) is 0 Å². The topological polar surface area (TPSA) is 93.9 Å². The van der Waals surface area contributed by atoms with Gasteiger partial charge >= 0.3 is 0 Å². The molecule has 1 aromatic carbocycles. The molecular weight excluding hydrogens is 1070 g/mol. The van der Waals surface area contributed by atoms with Crippen LogP contribution in [0, 0.1) is 15.3 Å². The van der Waals surface area contributed by atoms with Crippen molar-refractivity contribution in [3.05, 3.63) is 33.0 Å². The van der Waals surface area contributed by atoms with Gasteiger partial charge in [-0.1, -0.05) is 369 Å². The number of hydrogen-bond donors (Lipinski definition) is 0. The molecule has 0 saturated heterocycles. The second-order valence-electron chi connectivity index (χ2n) is 27.5. The minimum atomic E-state index is -1.75. The van der Waals surface area contributed by atoms with Gasteiger partial charge in [0.1, 0.15) is 6.54 Å². The fraction of sp³-hybridized carbons (Fsp3) is 0.924. The second kappa shape index (κ2) is 69.7. The lowest BCUT2D eigenvalue weighted by atomic mass is 10.0. The largest absolute Gasteiger partial charge is 0.490 e. The summed E-state index contributed by atoms with van der Waals surface area (Å²) in [5.41, 5.74) is 1.43. The molecule has 1 aromatic rings. The molecule has 0 fully saturated rings. The maximum Gasteiger partial charge on any atom is 0.203 e. The van der Waals surface area contributed by atoms with Gasteiger partial charge in [0.05, 0.1) is 44.5 Å². The van der Waals surface area contributed by atoms with Crippen LogP contribution < -0.4 is 14.2 Å². The fourth-order valence-electron chi connectivity index (χ4n) is 13.1. The van der Waals surface area contributed by atoms with Crippen molar-refractivity contribution < 1.29 is 23.8 Å². The number of quaternary nitrogens is 1. The van der Waals surface area contributed by atoms with Crippen molar-refractivity contribution >= 4 is 0 Å². The van der Waals surface area contributed by atoms with E-state index in [0.29, 0.717) is 0 Å². The van der Waals surface area contributed by atoms with Gasteiger partial charge in [0.15, 0.2) is 11.5 Å². The molecule has 0 radical (unpaired) electrons. The van der Waals surface area contributed by atoms with Crippen LogP contribution in [0.1, 0.15) is 432 Å². The Morgan fingerprint density at radius 1 is 0.276 bits per heavy atom. The zero-order valence-electron chi connectivity index (χ0n) is 59.9. The van der Waals surface area contributed by atoms with E-state index < -0.39 is 5.09 Å². The molecule has 516 valence electrons. The third-order valence-electron chi connectivity index (χ3n) is 18.8. The molecule has 0 aliphatic heterocycles. The predicted molar refractivity (Wildman–Crippen MR) is 383 cm³/mol. The number of ether oxygens (including phenoxy) is 3. The summed E-state index contributed by atoms with van der Waals surface area (Å²) in [6, 6.07) is 4.94. The molecule has 87 heavy (non-hydrogen) atoms. The Balaban J connectivity index is 0.0000179. The number of benzene rings is 1. The molecule has 0 unspecified atom stereocenters. The molecule has 0 saturated carbocycles. The van der Waals surface area contributed by atoms with Gasteiger partial charge < -0.3 is 34.0 Å². The maximum atomic E-state index is 8.25. The van der Waals surface area contributed by atoms with Crippen molar-refractivity contribution in [2.75, 3.05) is 39.5 Å². The fourth-order valence-corrected chi connectivity index (χ4v) is 13.1. The second-order valence-corrected chi connectivity index (χ2v) is 27.5. The maximum absolute atomic E-state index is 8.25. The molecular formula is C79H154N2O6. The highest BCUT2D eigenvalue weighted by Gasteiger charge is 2.29. The smallest absolute Gasteiger partial charge is 0.203 e. The highest BCUT2D eigenvalue weighted by Crippen LogP contribution is 2.41. The van der Waals surface area contributed by atoms with E-state index in [9.17, 15) is 0 Å². The molecule has 0 spiro atoms. The third kappa shape index (κ3) is 59.8. The lowest BCUT2D eigenvalue weighted by Gasteiger charge is -2.40. The average molecular weight is 1230 g/mol. The normalized spacial score (nSPS) is 11.6. The highest BCUT2D eigenvalue weighted by molar-refractivity contribution is 5.54. The lowest BCUT2D eigenvalue weighted by molar-refractivity contribution is -0.941. The standard InChI is InChI=1S/C79H154NO3.NO3/c1-7-13-19-25-31-37-43-49-55-61-67-80(68-62-56-50-44-38-32-26-20-14-8-2,69-63-57-51-45-39-33-27-21-15-9-3)75-76-73-77(81-70-64-58-52-46-40-34-28-22-16-10-4)79(83-72-66-60-54-48-42-36-30-24-18-12-6)78(74-76)82-71-65-59-53-47-41-35-29-23-17-11-5;2-1(3)4/h73-74H,7-72,75H2,1-6H3;/q+1;-1. The molecule has 0 atom stereocenters. The highest BCUT2D eigenvalue weighted by atomic mass is 16.9. The van der Waals surface area contributed by atoms with E-state index in [1.165, 1.54) is 396 Å². The predicted octanol–water partition coefficient (Wildman–Crippen LogP) is 27.4.